The zero-order chi connectivity index (χ0) is 14.3. The summed E-state index contributed by atoms with van der Waals surface area (Å²) in [5.41, 5.74) is 4.24. The number of hydrogen-bond acceptors (Lipinski definition) is 4. The highest BCUT2D eigenvalue weighted by Crippen LogP contribution is 2.48. The van der Waals surface area contributed by atoms with E-state index in [0.717, 1.165) is 37.7 Å². The highest BCUT2D eigenvalue weighted by molar-refractivity contribution is 7.99. The Bertz CT molecular complexity index is 591. The molecule has 4 rings (SSSR count). The topological polar surface area (TPSA) is 18.8 Å². The van der Waals surface area contributed by atoms with E-state index in [4.69, 9.17) is 4.99 Å². The molecule has 1 spiro atoms. The minimum atomic E-state index is 0.0433. The molecule has 1 aliphatic carbocycles. The normalized spacial score (nSPS) is 32.0. The van der Waals surface area contributed by atoms with Crippen molar-refractivity contribution in [2.45, 2.75) is 0 Å². The van der Waals surface area contributed by atoms with Gasteiger partial charge in [-0.05, 0) is 24.8 Å². The molecule has 1 atom stereocenters. The maximum Gasteiger partial charge on any atom is 0.0639 e. The van der Waals surface area contributed by atoms with E-state index in [1.165, 1.54) is 11.4 Å². The number of aliphatic imine (C=N–C) groups is 1. The van der Waals surface area contributed by atoms with Crippen LogP contribution in [0.3, 0.4) is 0 Å². The average Bonchev–Trinajstić information content (AvgIpc) is 2.84. The molecule has 110 valence electrons. The van der Waals surface area contributed by atoms with Crippen LogP contribution >= 0.6 is 11.8 Å². The Hall–Kier alpha value is -1.26. The molecule has 0 saturated carbocycles. The first kappa shape index (κ1) is 13.4. The molecular weight excluding hydrogens is 278 g/mol. The largest absolute Gasteiger partial charge is 0.369 e. The van der Waals surface area contributed by atoms with Crippen LogP contribution in [0.15, 0.2) is 52.8 Å². The fourth-order valence-corrected chi connectivity index (χ4v) is 5.05. The Kier molecular flexibility index (Phi) is 3.31. The van der Waals surface area contributed by atoms with Gasteiger partial charge in [-0.3, -0.25) is 4.99 Å². The van der Waals surface area contributed by atoms with Gasteiger partial charge in [0.15, 0.2) is 0 Å². The maximum atomic E-state index is 4.74. The van der Waals surface area contributed by atoms with Gasteiger partial charge in [-0.15, -0.1) is 0 Å². The second-order valence-corrected chi connectivity index (χ2v) is 7.15. The lowest BCUT2D eigenvalue weighted by Crippen LogP contribution is -2.44. The minimum Gasteiger partial charge on any atom is -0.369 e. The highest BCUT2D eigenvalue weighted by atomic mass is 32.2. The van der Waals surface area contributed by atoms with Gasteiger partial charge in [0.2, 0.25) is 0 Å². The summed E-state index contributed by atoms with van der Waals surface area (Å²) in [4.78, 5) is 9.71. The molecule has 3 aliphatic heterocycles. The van der Waals surface area contributed by atoms with Crippen molar-refractivity contribution in [1.82, 2.24) is 9.80 Å². The van der Waals surface area contributed by atoms with Gasteiger partial charge >= 0.3 is 0 Å². The molecule has 0 amide bonds. The Morgan fingerprint density at radius 1 is 1.14 bits per heavy atom. The summed E-state index contributed by atoms with van der Waals surface area (Å²) in [5.74, 6) is 2.25. The molecule has 0 radical (unpaired) electrons. The average molecular weight is 299 g/mol. The molecule has 2 fully saturated rings. The van der Waals surface area contributed by atoms with E-state index in [2.05, 4.69) is 47.2 Å². The molecule has 4 aliphatic rings. The standard InChI is InChI=1S/C17H21N3S/c1-19-8-10-20(11-9-19)15-5-7-18-16-4-2-3-6-17(16)13-21-12-14(15)17/h2-7H,8-13H2,1H3. The van der Waals surface area contributed by atoms with E-state index in [0.29, 0.717) is 0 Å². The van der Waals surface area contributed by atoms with Crippen LogP contribution in [0.5, 0.6) is 0 Å². The first-order chi connectivity index (χ1) is 10.3. The lowest BCUT2D eigenvalue weighted by molar-refractivity contribution is 0.188. The van der Waals surface area contributed by atoms with E-state index in [1.54, 1.807) is 5.57 Å². The van der Waals surface area contributed by atoms with Crippen molar-refractivity contribution in [3.63, 3.8) is 0 Å². The zero-order valence-corrected chi connectivity index (χ0v) is 13.3. The number of piperazine rings is 1. The van der Waals surface area contributed by atoms with Gasteiger partial charge in [0, 0.05) is 49.6 Å². The quantitative estimate of drug-likeness (QED) is 0.740. The third kappa shape index (κ3) is 2.12. The smallest absolute Gasteiger partial charge is 0.0639 e. The van der Waals surface area contributed by atoms with E-state index in [1.807, 2.05) is 18.0 Å². The van der Waals surface area contributed by atoms with Crippen molar-refractivity contribution in [3.8, 4) is 0 Å². The predicted molar refractivity (Wildman–Crippen MR) is 90.7 cm³/mol. The number of hydrogen-bond donors (Lipinski definition) is 0. The van der Waals surface area contributed by atoms with Crippen LogP contribution in [0, 0.1) is 5.41 Å². The molecule has 1 unspecified atom stereocenters. The lowest BCUT2D eigenvalue weighted by atomic mass is 9.75. The molecule has 2 saturated heterocycles. The second kappa shape index (κ2) is 5.18. The van der Waals surface area contributed by atoms with Crippen molar-refractivity contribution < 1.29 is 0 Å². The summed E-state index contributed by atoms with van der Waals surface area (Å²) in [6.07, 6.45) is 13.1. The molecule has 21 heavy (non-hydrogen) atoms. The molecule has 0 N–H and O–H groups in total. The monoisotopic (exact) mass is 299 g/mol. The molecule has 0 aromatic heterocycles. The van der Waals surface area contributed by atoms with Gasteiger partial charge in [-0.2, -0.15) is 11.8 Å². The molecule has 0 bridgehead atoms. The minimum absolute atomic E-state index is 0.0433. The molecule has 3 nitrogen and oxygen atoms in total. The van der Waals surface area contributed by atoms with Crippen molar-refractivity contribution in [1.29, 1.82) is 0 Å². The van der Waals surface area contributed by atoms with Gasteiger partial charge < -0.3 is 9.80 Å². The van der Waals surface area contributed by atoms with E-state index < -0.39 is 0 Å². The third-order valence-electron chi connectivity index (χ3n) is 4.92. The molecule has 3 heterocycles. The number of thioether (sulfide) groups is 1. The van der Waals surface area contributed by atoms with Gasteiger partial charge in [0.25, 0.3) is 0 Å². The van der Waals surface area contributed by atoms with Crippen LogP contribution in [-0.4, -0.2) is 60.2 Å². The van der Waals surface area contributed by atoms with Gasteiger partial charge in [-0.25, -0.2) is 0 Å². The predicted octanol–water partition coefficient (Wildman–Crippen LogP) is 2.32. The summed E-state index contributed by atoms with van der Waals surface area (Å²) in [6, 6.07) is 0. The van der Waals surface area contributed by atoms with Crippen molar-refractivity contribution in [2.24, 2.45) is 10.4 Å². The first-order valence-electron chi connectivity index (χ1n) is 7.65. The molecule has 0 aromatic carbocycles. The maximum absolute atomic E-state index is 4.74. The Morgan fingerprint density at radius 2 is 2.00 bits per heavy atom. The summed E-state index contributed by atoms with van der Waals surface area (Å²) in [7, 11) is 2.21. The Balaban J connectivity index is 1.76. The fraction of sp³-hybridized carbons (Fsp3) is 0.471. The molecule has 4 heteroatoms. The molecule has 0 aromatic rings. The number of allylic oxidation sites excluding steroid dienone is 5. The van der Waals surface area contributed by atoms with Crippen molar-refractivity contribution in [3.05, 3.63) is 47.9 Å². The van der Waals surface area contributed by atoms with Crippen molar-refractivity contribution in [2.75, 3.05) is 44.7 Å². The Morgan fingerprint density at radius 3 is 2.86 bits per heavy atom. The van der Waals surface area contributed by atoms with Crippen LogP contribution in [-0.2, 0) is 0 Å². The SMILES string of the molecule is CN1CCN(C2=C3CSCC34C=CC=CC4=NC=C2)CC1. The van der Waals surface area contributed by atoms with Crippen LogP contribution in [0.1, 0.15) is 0 Å². The zero-order valence-electron chi connectivity index (χ0n) is 12.5. The summed E-state index contributed by atoms with van der Waals surface area (Å²) < 4.78 is 0. The Labute approximate surface area is 130 Å². The van der Waals surface area contributed by atoms with Crippen molar-refractivity contribution >= 4 is 17.5 Å². The van der Waals surface area contributed by atoms with Crippen LogP contribution in [0.4, 0.5) is 0 Å². The fourth-order valence-electron chi connectivity index (χ4n) is 3.60. The number of likely N-dealkylation sites (N-methyl/N-ethyl adjacent to an activating group) is 1. The first-order valence-corrected chi connectivity index (χ1v) is 8.81. The molecular formula is C17H21N3S. The highest BCUT2D eigenvalue weighted by Gasteiger charge is 2.44. The van der Waals surface area contributed by atoms with Crippen LogP contribution in [0.25, 0.3) is 0 Å². The van der Waals surface area contributed by atoms with Crippen LogP contribution in [0.2, 0.25) is 0 Å². The van der Waals surface area contributed by atoms with E-state index in [-0.39, 0.29) is 5.41 Å². The van der Waals surface area contributed by atoms with Gasteiger partial charge in [-0.1, -0.05) is 18.2 Å². The summed E-state index contributed by atoms with van der Waals surface area (Å²) >= 11 is 2.04. The summed E-state index contributed by atoms with van der Waals surface area (Å²) in [5, 5.41) is 0. The van der Waals surface area contributed by atoms with Gasteiger partial charge in [0.1, 0.15) is 0 Å². The van der Waals surface area contributed by atoms with Gasteiger partial charge in [0.05, 0.1) is 11.1 Å². The summed E-state index contributed by atoms with van der Waals surface area (Å²) in [6.45, 7) is 4.53. The van der Waals surface area contributed by atoms with E-state index in [9.17, 15) is 0 Å². The second-order valence-electron chi connectivity index (χ2n) is 6.17. The van der Waals surface area contributed by atoms with Crippen LogP contribution < -0.4 is 0 Å². The van der Waals surface area contributed by atoms with E-state index >= 15 is 0 Å². The number of rotatable bonds is 1. The lowest BCUT2D eigenvalue weighted by Gasteiger charge is -2.37. The third-order valence-corrected chi connectivity index (χ3v) is 6.07. The number of nitrogens with zero attached hydrogens (tertiary/aromatic N) is 3.